The Morgan fingerprint density at radius 2 is 2.12 bits per heavy atom. The number of hydrogen-bond acceptors (Lipinski definition) is 2. The first-order chi connectivity index (χ1) is 3.63. The Morgan fingerprint density at radius 1 is 1.62 bits per heavy atom. The topological polar surface area (TPSA) is 15.6 Å². The molecule has 0 fully saturated rings. The van der Waals surface area contributed by atoms with E-state index in [0.29, 0.717) is 4.83 Å². The van der Waals surface area contributed by atoms with Gasteiger partial charge in [-0.15, -0.1) is 0 Å². The molecule has 0 aromatic carbocycles. The van der Waals surface area contributed by atoms with Gasteiger partial charge in [-0.1, -0.05) is 15.9 Å². The maximum atomic E-state index is 3.99. The number of hydrogen-bond donors (Lipinski definition) is 0. The van der Waals surface area contributed by atoms with Gasteiger partial charge in [0.15, 0.2) is 0 Å². The van der Waals surface area contributed by atoms with E-state index in [1.54, 1.807) is 5.01 Å². The summed E-state index contributed by atoms with van der Waals surface area (Å²) in [6.07, 6.45) is 1.83. The number of nitrogens with zero attached hydrogens (tertiary/aromatic N) is 2. The summed E-state index contributed by atoms with van der Waals surface area (Å²) < 4.78 is 0. The van der Waals surface area contributed by atoms with Crippen LogP contribution < -0.4 is 0 Å². The van der Waals surface area contributed by atoms with Gasteiger partial charge >= 0.3 is 0 Å². The maximum absolute atomic E-state index is 3.99. The van der Waals surface area contributed by atoms with Gasteiger partial charge in [-0.3, -0.25) is 0 Å². The highest BCUT2D eigenvalue weighted by atomic mass is 79.9. The molecular formula is C5H11BrN2. The van der Waals surface area contributed by atoms with E-state index in [-0.39, 0.29) is 0 Å². The standard InChI is InChI=1S/C5H11BrN2/c1-5(6)4-7-8(2)3/h4-5H,1-3H3. The smallest absolute Gasteiger partial charge is 0.0488 e. The van der Waals surface area contributed by atoms with E-state index in [0.717, 1.165) is 0 Å². The fraction of sp³-hybridized carbons (Fsp3) is 0.800. The monoisotopic (exact) mass is 178 g/mol. The van der Waals surface area contributed by atoms with Crippen LogP contribution in [0.2, 0.25) is 0 Å². The molecule has 0 rings (SSSR count). The SMILES string of the molecule is CC(Br)C=NN(C)C. The van der Waals surface area contributed by atoms with Crippen LogP contribution in [0, 0.1) is 0 Å². The fourth-order valence-electron chi connectivity index (χ4n) is 0.225. The lowest BCUT2D eigenvalue weighted by Gasteiger charge is -2.01. The van der Waals surface area contributed by atoms with E-state index in [1.807, 2.05) is 27.2 Å². The second kappa shape index (κ2) is 3.89. The zero-order valence-corrected chi connectivity index (χ0v) is 7.01. The van der Waals surface area contributed by atoms with Crippen LogP contribution in [0.3, 0.4) is 0 Å². The molecule has 8 heavy (non-hydrogen) atoms. The summed E-state index contributed by atoms with van der Waals surface area (Å²) in [7, 11) is 3.79. The molecule has 0 saturated carbocycles. The summed E-state index contributed by atoms with van der Waals surface area (Å²) in [6, 6.07) is 0. The molecule has 0 aromatic rings. The number of hydrazone groups is 1. The quantitative estimate of drug-likeness (QED) is 0.354. The van der Waals surface area contributed by atoms with E-state index < -0.39 is 0 Å². The van der Waals surface area contributed by atoms with Crippen LogP contribution in [0.1, 0.15) is 6.92 Å². The van der Waals surface area contributed by atoms with Crippen molar-refractivity contribution in [1.29, 1.82) is 0 Å². The van der Waals surface area contributed by atoms with E-state index in [9.17, 15) is 0 Å². The zero-order chi connectivity index (χ0) is 6.57. The summed E-state index contributed by atoms with van der Waals surface area (Å²) in [4.78, 5) is 0.366. The van der Waals surface area contributed by atoms with E-state index >= 15 is 0 Å². The number of halogens is 1. The number of rotatable bonds is 2. The molecule has 48 valence electrons. The van der Waals surface area contributed by atoms with Gasteiger partial charge in [0.25, 0.3) is 0 Å². The molecule has 0 N–H and O–H groups in total. The summed E-state index contributed by atoms with van der Waals surface area (Å²) in [5.41, 5.74) is 0. The average Bonchev–Trinajstić information content (AvgIpc) is 1.61. The van der Waals surface area contributed by atoms with Crippen molar-refractivity contribution in [2.45, 2.75) is 11.8 Å². The molecule has 0 saturated heterocycles. The average molecular weight is 179 g/mol. The van der Waals surface area contributed by atoms with Crippen molar-refractivity contribution in [2.24, 2.45) is 5.10 Å². The molecule has 0 aliphatic heterocycles. The van der Waals surface area contributed by atoms with Crippen LogP contribution >= 0.6 is 15.9 Å². The second-order valence-corrected chi connectivity index (χ2v) is 3.23. The molecule has 3 heteroatoms. The third-order valence-corrected chi connectivity index (χ3v) is 0.739. The minimum atomic E-state index is 0.366. The molecule has 0 bridgehead atoms. The molecule has 0 radical (unpaired) electrons. The van der Waals surface area contributed by atoms with Crippen molar-refractivity contribution in [3.05, 3.63) is 0 Å². The van der Waals surface area contributed by atoms with Crippen LogP contribution in [-0.2, 0) is 0 Å². The Morgan fingerprint density at radius 3 is 2.25 bits per heavy atom. The highest BCUT2D eigenvalue weighted by Gasteiger charge is 1.85. The largest absolute Gasteiger partial charge is 0.303 e. The molecule has 0 spiro atoms. The Hall–Kier alpha value is -0.0500. The highest BCUT2D eigenvalue weighted by Crippen LogP contribution is 1.91. The van der Waals surface area contributed by atoms with E-state index in [4.69, 9.17) is 0 Å². The van der Waals surface area contributed by atoms with Crippen LogP contribution in [0.25, 0.3) is 0 Å². The molecule has 0 aromatic heterocycles. The highest BCUT2D eigenvalue weighted by molar-refractivity contribution is 9.09. The molecule has 0 heterocycles. The van der Waals surface area contributed by atoms with Crippen LogP contribution in [0.15, 0.2) is 5.10 Å². The van der Waals surface area contributed by atoms with E-state index in [2.05, 4.69) is 21.0 Å². The van der Waals surface area contributed by atoms with Crippen molar-refractivity contribution < 1.29 is 0 Å². The molecule has 1 unspecified atom stereocenters. The zero-order valence-electron chi connectivity index (χ0n) is 5.43. The van der Waals surface area contributed by atoms with Crippen molar-refractivity contribution in [1.82, 2.24) is 5.01 Å². The minimum Gasteiger partial charge on any atom is -0.303 e. The number of alkyl halides is 1. The molecule has 2 nitrogen and oxygen atoms in total. The third-order valence-electron chi connectivity index (χ3n) is 0.503. The van der Waals surface area contributed by atoms with Crippen LogP contribution in [-0.4, -0.2) is 30.1 Å². The lowest BCUT2D eigenvalue weighted by Crippen LogP contribution is -2.04. The molecule has 1 atom stereocenters. The molecule has 0 amide bonds. The summed E-state index contributed by atoms with van der Waals surface area (Å²) in [6.45, 7) is 2.02. The predicted molar refractivity (Wildman–Crippen MR) is 40.6 cm³/mol. The normalized spacial score (nSPS) is 14.5. The fourth-order valence-corrected chi connectivity index (χ4v) is 0.331. The maximum Gasteiger partial charge on any atom is 0.0488 e. The van der Waals surface area contributed by atoms with Crippen molar-refractivity contribution in [3.63, 3.8) is 0 Å². The lowest BCUT2D eigenvalue weighted by atomic mass is 10.5. The van der Waals surface area contributed by atoms with E-state index in [1.165, 1.54) is 0 Å². The second-order valence-electron chi connectivity index (χ2n) is 1.79. The van der Waals surface area contributed by atoms with Crippen LogP contribution in [0.4, 0.5) is 0 Å². The van der Waals surface area contributed by atoms with Crippen LogP contribution in [0.5, 0.6) is 0 Å². The van der Waals surface area contributed by atoms with Crippen molar-refractivity contribution in [2.75, 3.05) is 14.1 Å². The lowest BCUT2D eigenvalue weighted by molar-refractivity contribution is 0.439. The Bertz CT molecular complexity index is 68.5. The molecule has 0 aliphatic rings. The molecule has 0 aliphatic carbocycles. The van der Waals surface area contributed by atoms with Gasteiger partial charge in [0.2, 0.25) is 0 Å². The summed E-state index contributed by atoms with van der Waals surface area (Å²) >= 11 is 3.33. The van der Waals surface area contributed by atoms with Gasteiger partial charge in [0, 0.05) is 25.1 Å². The summed E-state index contributed by atoms with van der Waals surface area (Å²) in [5.74, 6) is 0. The first-order valence-electron chi connectivity index (χ1n) is 2.48. The predicted octanol–water partition coefficient (Wildman–Crippen LogP) is 1.32. The van der Waals surface area contributed by atoms with Gasteiger partial charge in [-0.25, -0.2) is 0 Å². The Balaban J connectivity index is 3.34. The van der Waals surface area contributed by atoms with Gasteiger partial charge in [0.05, 0.1) is 0 Å². The summed E-state index contributed by atoms with van der Waals surface area (Å²) in [5, 5.41) is 5.75. The van der Waals surface area contributed by atoms with Crippen molar-refractivity contribution >= 4 is 22.1 Å². The molecular weight excluding hydrogens is 168 g/mol. The van der Waals surface area contributed by atoms with Gasteiger partial charge in [-0.05, 0) is 6.92 Å². The first-order valence-corrected chi connectivity index (χ1v) is 3.40. The van der Waals surface area contributed by atoms with Gasteiger partial charge in [0.1, 0.15) is 0 Å². The third kappa shape index (κ3) is 5.95. The minimum absolute atomic E-state index is 0.366. The first kappa shape index (κ1) is 7.95. The van der Waals surface area contributed by atoms with Gasteiger partial charge < -0.3 is 5.01 Å². The Labute approximate surface area is 58.7 Å². The van der Waals surface area contributed by atoms with Gasteiger partial charge in [-0.2, -0.15) is 5.10 Å². The van der Waals surface area contributed by atoms with Crippen molar-refractivity contribution in [3.8, 4) is 0 Å². The Kier molecular flexibility index (Phi) is 3.87.